The van der Waals surface area contributed by atoms with Crippen LogP contribution in [0.1, 0.15) is 12.8 Å². The molecule has 1 aromatic heterocycles. The van der Waals surface area contributed by atoms with Gasteiger partial charge in [0.25, 0.3) is 0 Å². The van der Waals surface area contributed by atoms with E-state index in [0.717, 1.165) is 17.2 Å². The van der Waals surface area contributed by atoms with E-state index in [0.29, 0.717) is 11.8 Å². The monoisotopic (exact) mass is 300 g/mol. The van der Waals surface area contributed by atoms with Gasteiger partial charge in [-0.05, 0) is 31.1 Å². The molecule has 0 radical (unpaired) electrons. The Kier molecular flexibility index (Phi) is 3.31. The van der Waals surface area contributed by atoms with Gasteiger partial charge in [0, 0.05) is 24.0 Å². The molecule has 0 saturated heterocycles. The summed E-state index contributed by atoms with van der Waals surface area (Å²) in [5, 5.41) is 6.86. The van der Waals surface area contributed by atoms with Crippen LogP contribution in [0.15, 0.2) is 36.5 Å². The highest BCUT2D eigenvalue weighted by molar-refractivity contribution is 5.65. The number of anilines is 1. The maximum Gasteiger partial charge on any atom is 0.228 e. The fraction of sp³-hybridized carbons (Fsp3) is 0.312. The van der Waals surface area contributed by atoms with Gasteiger partial charge < -0.3 is 10.1 Å². The largest absolute Gasteiger partial charge is 0.463 e. The number of alkyl halides is 1. The molecule has 114 valence electrons. The fourth-order valence-corrected chi connectivity index (χ4v) is 2.53. The van der Waals surface area contributed by atoms with Crippen LogP contribution in [0.25, 0.3) is 17.5 Å². The van der Waals surface area contributed by atoms with Crippen molar-refractivity contribution in [1.29, 1.82) is 0 Å². The van der Waals surface area contributed by atoms with Crippen molar-refractivity contribution >= 4 is 12.1 Å². The van der Waals surface area contributed by atoms with Crippen LogP contribution in [-0.4, -0.2) is 28.6 Å². The second kappa shape index (κ2) is 5.46. The summed E-state index contributed by atoms with van der Waals surface area (Å²) in [5.74, 6) is 1.30. The molecule has 0 bridgehead atoms. The number of benzene rings is 1. The number of nitrogens with zero attached hydrogens (tertiary/aromatic N) is 2. The molecule has 4 rings (SSSR count). The molecule has 1 aliphatic carbocycles. The minimum Gasteiger partial charge on any atom is -0.463 e. The van der Waals surface area contributed by atoms with Crippen LogP contribution in [0.3, 0.4) is 0 Å². The van der Waals surface area contributed by atoms with Crippen molar-refractivity contribution < 1.29 is 9.13 Å². The zero-order chi connectivity index (χ0) is 14.9. The number of imidazole rings is 1. The van der Waals surface area contributed by atoms with E-state index in [2.05, 4.69) is 21.7 Å². The molecule has 1 unspecified atom stereocenters. The van der Waals surface area contributed by atoms with E-state index in [1.165, 1.54) is 12.8 Å². The Labute approximate surface area is 127 Å². The predicted octanol–water partition coefficient (Wildman–Crippen LogP) is 2.83. The summed E-state index contributed by atoms with van der Waals surface area (Å²) in [6.07, 6.45) is 8.64. The Morgan fingerprint density at radius 2 is 2.32 bits per heavy atom. The first-order valence-corrected chi connectivity index (χ1v) is 7.41. The van der Waals surface area contributed by atoms with Crippen LogP contribution in [0.5, 0.6) is 5.75 Å². The van der Waals surface area contributed by atoms with Gasteiger partial charge in [0.2, 0.25) is 12.8 Å². The molecule has 0 spiro atoms. The van der Waals surface area contributed by atoms with E-state index >= 15 is 0 Å². The first-order chi connectivity index (χ1) is 10.8. The number of rotatable bonds is 5. The van der Waals surface area contributed by atoms with Crippen molar-refractivity contribution in [2.75, 3.05) is 12.2 Å². The lowest BCUT2D eigenvalue weighted by Crippen LogP contribution is -2.38. The first-order valence-electron chi connectivity index (χ1n) is 7.41. The Morgan fingerprint density at radius 3 is 3.14 bits per heavy atom. The van der Waals surface area contributed by atoms with Gasteiger partial charge in [-0.1, -0.05) is 12.1 Å². The number of halogens is 1. The van der Waals surface area contributed by atoms with Crippen molar-refractivity contribution in [3.8, 4) is 17.0 Å². The lowest BCUT2D eigenvalue weighted by atomic mass is 10.1. The molecular formula is C16H17FN4O. The molecule has 1 aromatic carbocycles. The summed E-state index contributed by atoms with van der Waals surface area (Å²) in [6, 6.07) is 7.91. The zero-order valence-corrected chi connectivity index (χ0v) is 12.0. The minimum atomic E-state index is -0.831. The van der Waals surface area contributed by atoms with Crippen LogP contribution in [-0.2, 0) is 0 Å². The van der Waals surface area contributed by atoms with Gasteiger partial charge in [-0.3, -0.25) is 9.88 Å². The third-order valence-electron chi connectivity index (χ3n) is 3.80. The molecule has 1 saturated carbocycles. The van der Waals surface area contributed by atoms with E-state index in [-0.39, 0.29) is 6.17 Å². The number of hydrogen-bond acceptors (Lipinski definition) is 4. The second-order valence-electron chi connectivity index (χ2n) is 5.54. The van der Waals surface area contributed by atoms with Gasteiger partial charge in [0.05, 0.1) is 5.69 Å². The second-order valence-corrected chi connectivity index (χ2v) is 5.54. The number of ether oxygens (including phenoxy) is 1. The van der Waals surface area contributed by atoms with Gasteiger partial charge in [-0.15, -0.1) is 0 Å². The topological polar surface area (TPSA) is 51.1 Å². The average molecular weight is 300 g/mol. The van der Waals surface area contributed by atoms with Crippen LogP contribution >= 0.6 is 0 Å². The third kappa shape index (κ3) is 2.69. The van der Waals surface area contributed by atoms with Crippen LogP contribution < -0.4 is 15.4 Å². The molecule has 5 nitrogen and oxygen atoms in total. The molecule has 22 heavy (non-hydrogen) atoms. The van der Waals surface area contributed by atoms with Gasteiger partial charge in [0.15, 0.2) is 0 Å². The van der Waals surface area contributed by atoms with E-state index in [1.807, 2.05) is 29.1 Å². The van der Waals surface area contributed by atoms with Gasteiger partial charge in [-0.25, -0.2) is 9.37 Å². The lowest BCUT2D eigenvalue weighted by Gasteiger charge is -2.20. The van der Waals surface area contributed by atoms with Gasteiger partial charge >= 0.3 is 0 Å². The fourth-order valence-electron chi connectivity index (χ4n) is 2.53. The molecule has 2 aromatic rings. The summed E-state index contributed by atoms with van der Waals surface area (Å²) in [5.41, 5.74) is 1.72. The molecular weight excluding hydrogens is 283 g/mol. The maximum atomic E-state index is 12.3. The van der Waals surface area contributed by atoms with Crippen LogP contribution in [0, 0.1) is 0 Å². The quantitative estimate of drug-likeness (QED) is 0.891. The highest BCUT2D eigenvalue weighted by Gasteiger charge is 2.25. The molecule has 1 fully saturated rings. The van der Waals surface area contributed by atoms with E-state index in [4.69, 9.17) is 4.74 Å². The normalized spacial score (nSPS) is 19.6. The molecule has 2 N–H and O–H groups in total. The summed E-state index contributed by atoms with van der Waals surface area (Å²) in [4.78, 5) is 4.61. The Hall–Kier alpha value is -2.34. The molecule has 1 aliphatic heterocycles. The summed E-state index contributed by atoms with van der Waals surface area (Å²) < 4.78 is 19.1. The summed E-state index contributed by atoms with van der Waals surface area (Å²) >= 11 is 0. The van der Waals surface area contributed by atoms with Crippen molar-refractivity contribution in [1.82, 2.24) is 14.9 Å². The highest BCUT2D eigenvalue weighted by atomic mass is 19.1. The minimum absolute atomic E-state index is 0.122. The Morgan fingerprint density at radius 1 is 1.41 bits per heavy atom. The lowest BCUT2D eigenvalue weighted by molar-refractivity contribution is 0.192. The van der Waals surface area contributed by atoms with Crippen LogP contribution in [0.2, 0.25) is 0 Å². The van der Waals surface area contributed by atoms with Crippen molar-refractivity contribution in [2.24, 2.45) is 0 Å². The smallest absolute Gasteiger partial charge is 0.228 e. The van der Waals surface area contributed by atoms with Crippen molar-refractivity contribution in [3.05, 3.63) is 36.5 Å². The third-order valence-corrected chi connectivity index (χ3v) is 3.80. The first kappa shape index (κ1) is 13.3. The average Bonchev–Trinajstić information content (AvgIpc) is 3.24. The summed E-state index contributed by atoms with van der Waals surface area (Å²) in [7, 11) is 0. The Bertz CT molecular complexity index is 708. The van der Waals surface area contributed by atoms with E-state index in [1.54, 1.807) is 12.1 Å². The standard InChI is InChI=1S/C16H17FN4O/c17-10-22-13-3-1-2-11(8-13)14-9-21-7-6-15(18-12-4-5-12)20-16(21)19-14/h1-3,6-9,12,15,18H,4-5,10H2,(H,19,20). The van der Waals surface area contributed by atoms with Crippen LogP contribution in [0.4, 0.5) is 10.3 Å². The van der Waals surface area contributed by atoms with Gasteiger partial charge in [0.1, 0.15) is 11.9 Å². The maximum absolute atomic E-state index is 12.3. The van der Waals surface area contributed by atoms with Gasteiger partial charge in [-0.2, -0.15) is 0 Å². The van der Waals surface area contributed by atoms with Crippen molar-refractivity contribution in [2.45, 2.75) is 25.0 Å². The summed E-state index contributed by atoms with van der Waals surface area (Å²) in [6.45, 7) is -0.831. The molecule has 0 amide bonds. The Balaban J connectivity index is 1.56. The highest BCUT2D eigenvalue weighted by Crippen LogP contribution is 2.27. The number of aromatic nitrogens is 2. The number of hydrogen-bond donors (Lipinski definition) is 2. The van der Waals surface area contributed by atoms with Crippen molar-refractivity contribution in [3.63, 3.8) is 0 Å². The predicted molar refractivity (Wildman–Crippen MR) is 83.2 cm³/mol. The number of fused-ring (bicyclic) bond motifs is 1. The van der Waals surface area contributed by atoms with E-state index in [9.17, 15) is 4.39 Å². The molecule has 2 aliphatic rings. The molecule has 1 atom stereocenters. The molecule has 2 heterocycles. The van der Waals surface area contributed by atoms with E-state index < -0.39 is 6.86 Å². The zero-order valence-electron chi connectivity index (χ0n) is 12.0. The molecule has 6 heteroatoms. The number of nitrogens with one attached hydrogen (secondary N) is 2. The SMILES string of the molecule is FCOc1cccc(-c2cn3c(n2)NC(NC2CC2)C=C3)c1.